The number of aryl methyl sites for hydroxylation is 1. The number of ether oxygens (including phenoxy) is 1. The number of aromatic nitrogens is 2. The van der Waals surface area contributed by atoms with Crippen LogP contribution in [0.25, 0.3) is 0 Å². The fourth-order valence-electron chi connectivity index (χ4n) is 1.14. The molecule has 4 heteroatoms. The van der Waals surface area contributed by atoms with Gasteiger partial charge in [-0.15, -0.1) is 0 Å². The molecular weight excluding hydrogens is 154 g/mol. The molecule has 1 aliphatic heterocycles. The Hall–Kier alpha value is -1.16. The molecule has 0 spiro atoms. The molecule has 0 aliphatic carbocycles. The number of rotatable bonds is 0. The van der Waals surface area contributed by atoms with Crippen LogP contribution in [0.4, 0.5) is 0 Å². The quantitative estimate of drug-likeness (QED) is 0.599. The molecule has 2 rings (SSSR count). The van der Waals surface area contributed by atoms with Gasteiger partial charge in [-0.2, -0.15) is 0 Å². The SMILES string of the molecule is Cc1cnc2c(n1)OCCNC2. The Morgan fingerprint density at radius 1 is 1.58 bits per heavy atom. The lowest BCUT2D eigenvalue weighted by Crippen LogP contribution is -2.16. The Balaban J connectivity index is 2.36. The van der Waals surface area contributed by atoms with E-state index in [4.69, 9.17) is 4.74 Å². The molecule has 0 saturated heterocycles. The van der Waals surface area contributed by atoms with Gasteiger partial charge in [-0.25, -0.2) is 4.98 Å². The zero-order chi connectivity index (χ0) is 8.39. The van der Waals surface area contributed by atoms with Crippen molar-refractivity contribution in [1.82, 2.24) is 15.3 Å². The summed E-state index contributed by atoms with van der Waals surface area (Å²) < 4.78 is 5.39. The van der Waals surface area contributed by atoms with Crippen molar-refractivity contribution in [2.24, 2.45) is 0 Å². The summed E-state index contributed by atoms with van der Waals surface area (Å²) in [7, 11) is 0. The van der Waals surface area contributed by atoms with E-state index in [-0.39, 0.29) is 0 Å². The fraction of sp³-hybridized carbons (Fsp3) is 0.500. The minimum atomic E-state index is 0.672. The van der Waals surface area contributed by atoms with Gasteiger partial charge in [0.2, 0.25) is 5.88 Å². The largest absolute Gasteiger partial charge is 0.475 e. The van der Waals surface area contributed by atoms with Gasteiger partial charge in [0, 0.05) is 19.3 Å². The molecule has 64 valence electrons. The summed E-state index contributed by atoms with van der Waals surface area (Å²) in [5, 5.41) is 3.20. The lowest BCUT2D eigenvalue weighted by atomic mass is 10.4. The van der Waals surface area contributed by atoms with Gasteiger partial charge in [-0.3, -0.25) is 4.98 Å². The Morgan fingerprint density at radius 2 is 2.50 bits per heavy atom. The number of nitrogens with zero attached hydrogens (tertiary/aromatic N) is 2. The lowest BCUT2D eigenvalue weighted by molar-refractivity contribution is 0.312. The van der Waals surface area contributed by atoms with Crippen LogP contribution in [-0.2, 0) is 6.54 Å². The van der Waals surface area contributed by atoms with E-state index in [9.17, 15) is 0 Å². The molecule has 0 bridgehead atoms. The first-order valence-electron chi connectivity index (χ1n) is 4.02. The summed E-state index contributed by atoms with van der Waals surface area (Å²) in [4.78, 5) is 8.48. The second-order valence-electron chi connectivity index (χ2n) is 2.79. The molecule has 1 aromatic rings. The molecule has 12 heavy (non-hydrogen) atoms. The predicted molar refractivity (Wildman–Crippen MR) is 44.0 cm³/mol. The highest BCUT2D eigenvalue weighted by atomic mass is 16.5. The first kappa shape index (κ1) is 7.49. The van der Waals surface area contributed by atoms with Gasteiger partial charge >= 0.3 is 0 Å². The van der Waals surface area contributed by atoms with Crippen molar-refractivity contribution in [1.29, 1.82) is 0 Å². The molecule has 1 aliphatic rings. The summed E-state index contributed by atoms with van der Waals surface area (Å²) >= 11 is 0. The average molecular weight is 165 g/mol. The van der Waals surface area contributed by atoms with Crippen LogP contribution in [0.15, 0.2) is 6.20 Å². The van der Waals surface area contributed by atoms with Crippen molar-refractivity contribution < 1.29 is 4.74 Å². The molecule has 0 atom stereocenters. The van der Waals surface area contributed by atoms with Crippen LogP contribution in [0.5, 0.6) is 5.88 Å². The molecule has 0 aromatic carbocycles. The van der Waals surface area contributed by atoms with Gasteiger partial charge in [-0.05, 0) is 6.92 Å². The van der Waals surface area contributed by atoms with Gasteiger partial charge in [0.1, 0.15) is 12.3 Å². The maximum Gasteiger partial charge on any atom is 0.237 e. The molecule has 2 heterocycles. The van der Waals surface area contributed by atoms with Crippen LogP contribution in [0, 0.1) is 6.92 Å². The first-order chi connectivity index (χ1) is 5.86. The number of hydrogen-bond donors (Lipinski definition) is 1. The monoisotopic (exact) mass is 165 g/mol. The van der Waals surface area contributed by atoms with E-state index in [0.717, 1.165) is 24.5 Å². The highest BCUT2D eigenvalue weighted by Gasteiger charge is 2.10. The number of fused-ring (bicyclic) bond motifs is 1. The van der Waals surface area contributed by atoms with E-state index in [1.54, 1.807) is 6.20 Å². The molecule has 0 fully saturated rings. The van der Waals surface area contributed by atoms with Crippen molar-refractivity contribution in [3.8, 4) is 5.88 Å². The summed E-state index contributed by atoms with van der Waals surface area (Å²) in [6, 6.07) is 0. The highest BCUT2D eigenvalue weighted by Crippen LogP contribution is 2.14. The smallest absolute Gasteiger partial charge is 0.237 e. The molecule has 0 radical (unpaired) electrons. The van der Waals surface area contributed by atoms with Crippen LogP contribution >= 0.6 is 0 Å². The van der Waals surface area contributed by atoms with Gasteiger partial charge in [0.05, 0.1) is 5.69 Å². The van der Waals surface area contributed by atoms with E-state index < -0.39 is 0 Å². The maximum absolute atomic E-state index is 5.39. The standard InChI is InChI=1S/C8H11N3O/c1-6-4-10-7-5-9-2-3-12-8(7)11-6/h4,9H,2-3,5H2,1H3. The maximum atomic E-state index is 5.39. The molecule has 1 aromatic heterocycles. The molecule has 4 nitrogen and oxygen atoms in total. The van der Waals surface area contributed by atoms with E-state index in [0.29, 0.717) is 12.5 Å². The van der Waals surface area contributed by atoms with Crippen LogP contribution in [0.3, 0.4) is 0 Å². The second-order valence-corrected chi connectivity index (χ2v) is 2.79. The van der Waals surface area contributed by atoms with E-state index >= 15 is 0 Å². The van der Waals surface area contributed by atoms with Crippen LogP contribution in [0.1, 0.15) is 11.4 Å². The van der Waals surface area contributed by atoms with Gasteiger partial charge in [0.15, 0.2) is 0 Å². The van der Waals surface area contributed by atoms with Crippen molar-refractivity contribution in [3.63, 3.8) is 0 Å². The van der Waals surface area contributed by atoms with Crippen molar-refractivity contribution in [2.45, 2.75) is 13.5 Å². The van der Waals surface area contributed by atoms with E-state index in [1.165, 1.54) is 0 Å². The topological polar surface area (TPSA) is 47.0 Å². The minimum Gasteiger partial charge on any atom is -0.475 e. The minimum absolute atomic E-state index is 0.672. The Bertz CT molecular complexity index is 288. The van der Waals surface area contributed by atoms with Crippen molar-refractivity contribution >= 4 is 0 Å². The molecule has 0 amide bonds. The third kappa shape index (κ3) is 1.38. The molecule has 1 N–H and O–H groups in total. The molecular formula is C8H11N3O. The average Bonchev–Trinajstić information content (AvgIpc) is 2.28. The Morgan fingerprint density at radius 3 is 3.42 bits per heavy atom. The summed E-state index contributed by atoms with van der Waals surface area (Å²) in [6.07, 6.45) is 1.76. The van der Waals surface area contributed by atoms with Gasteiger partial charge in [0.25, 0.3) is 0 Å². The number of nitrogens with one attached hydrogen (secondary N) is 1. The summed E-state index contributed by atoms with van der Waals surface area (Å²) in [5.74, 6) is 0.681. The van der Waals surface area contributed by atoms with Crippen LogP contribution < -0.4 is 10.1 Å². The summed E-state index contributed by atoms with van der Waals surface area (Å²) in [5.41, 5.74) is 1.80. The highest BCUT2D eigenvalue weighted by molar-refractivity contribution is 5.20. The van der Waals surface area contributed by atoms with Crippen molar-refractivity contribution in [2.75, 3.05) is 13.2 Å². The second kappa shape index (κ2) is 3.06. The van der Waals surface area contributed by atoms with E-state index in [1.807, 2.05) is 6.92 Å². The molecule has 0 unspecified atom stereocenters. The molecule has 0 saturated carbocycles. The van der Waals surface area contributed by atoms with Gasteiger partial charge in [-0.1, -0.05) is 0 Å². The number of hydrogen-bond acceptors (Lipinski definition) is 4. The lowest BCUT2D eigenvalue weighted by Gasteiger charge is -2.03. The van der Waals surface area contributed by atoms with Gasteiger partial charge < -0.3 is 10.1 Å². The third-order valence-corrected chi connectivity index (χ3v) is 1.74. The zero-order valence-electron chi connectivity index (χ0n) is 7.00. The third-order valence-electron chi connectivity index (χ3n) is 1.74. The predicted octanol–water partition coefficient (Wildman–Crippen LogP) is 0.267. The van der Waals surface area contributed by atoms with Crippen molar-refractivity contribution in [3.05, 3.63) is 17.6 Å². The summed E-state index contributed by atoms with van der Waals surface area (Å²) in [6.45, 7) is 4.19. The van der Waals surface area contributed by atoms with Crippen LogP contribution in [0.2, 0.25) is 0 Å². The van der Waals surface area contributed by atoms with E-state index in [2.05, 4.69) is 15.3 Å². The normalized spacial score (nSPS) is 16.1. The zero-order valence-corrected chi connectivity index (χ0v) is 7.00. The first-order valence-corrected chi connectivity index (χ1v) is 4.02. The van der Waals surface area contributed by atoms with Crippen LogP contribution in [-0.4, -0.2) is 23.1 Å². The Kier molecular flexibility index (Phi) is 1.91. The fourth-order valence-corrected chi connectivity index (χ4v) is 1.14. The Labute approximate surface area is 71.0 Å².